The fourth-order valence-electron chi connectivity index (χ4n) is 2.33. The van der Waals surface area contributed by atoms with E-state index < -0.39 is 20.0 Å². The van der Waals surface area contributed by atoms with Gasteiger partial charge in [-0.05, 0) is 48.5 Å². The molecule has 0 saturated heterocycles. The Morgan fingerprint density at radius 2 is 1.24 bits per heavy atom. The van der Waals surface area contributed by atoms with Crippen LogP contribution in [0.2, 0.25) is 0 Å². The van der Waals surface area contributed by atoms with E-state index >= 15 is 0 Å². The minimum atomic E-state index is -3.83. The molecule has 12 nitrogen and oxygen atoms in total. The van der Waals surface area contributed by atoms with Gasteiger partial charge in [-0.25, -0.2) is 31.8 Å². The van der Waals surface area contributed by atoms with Gasteiger partial charge in [0.1, 0.15) is 0 Å². The molecule has 1 heterocycles. The number of anilines is 2. The topological polar surface area (TPSA) is 215 Å². The lowest BCUT2D eigenvalue weighted by Gasteiger charge is -2.04. The quantitative estimate of drug-likeness (QED) is 0.420. The molecule has 0 radical (unpaired) electrons. The Hall–Kier alpha value is -3.33. The summed E-state index contributed by atoms with van der Waals surface area (Å²) in [4.78, 5) is -0.131. The van der Waals surface area contributed by atoms with Gasteiger partial charge >= 0.3 is 0 Å². The number of hydrogen-bond acceptors (Lipinski definition) is 9. The summed E-state index contributed by atoms with van der Waals surface area (Å²) >= 11 is 0. The van der Waals surface area contributed by atoms with Crippen LogP contribution >= 0.6 is 0 Å². The summed E-state index contributed by atoms with van der Waals surface area (Å²) in [6.45, 7) is 0. The molecule has 0 bridgehead atoms. The predicted octanol–water partition coefficient (Wildman–Crippen LogP) is 0.747. The van der Waals surface area contributed by atoms with Crippen LogP contribution in [0.25, 0.3) is 5.69 Å². The van der Waals surface area contributed by atoms with Crippen LogP contribution in [-0.2, 0) is 20.0 Å². The fraction of sp³-hybridized carbons (Fsp3) is 0. The van der Waals surface area contributed by atoms with E-state index in [1.807, 2.05) is 0 Å². The van der Waals surface area contributed by atoms with Crippen LogP contribution in [-0.4, -0.2) is 26.6 Å². The van der Waals surface area contributed by atoms with E-state index in [-0.39, 0.29) is 27.1 Å². The zero-order valence-corrected chi connectivity index (χ0v) is 16.3. The van der Waals surface area contributed by atoms with Crippen molar-refractivity contribution in [3.05, 3.63) is 48.5 Å². The second kappa shape index (κ2) is 7.25. The molecular formula is C15H16N8O4S2. The Morgan fingerprint density at radius 3 is 1.72 bits per heavy atom. The van der Waals surface area contributed by atoms with Crippen LogP contribution in [0, 0.1) is 0 Å². The van der Waals surface area contributed by atoms with Crippen LogP contribution in [0.5, 0.6) is 0 Å². The fourth-order valence-corrected chi connectivity index (χ4v) is 3.36. The number of nitrogen functional groups attached to an aromatic ring is 2. The first-order valence-corrected chi connectivity index (χ1v) is 10.9. The molecule has 152 valence electrons. The third-order valence-electron chi connectivity index (χ3n) is 3.76. The van der Waals surface area contributed by atoms with Crippen molar-refractivity contribution in [3.8, 4) is 5.69 Å². The molecule has 0 fully saturated rings. The van der Waals surface area contributed by atoms with Gasteiger partial charge in [-0.2, -0.15) is 5.11 Å². The van der Waals surface area contributed by atoms with Gasteiger partial charge in [-0.15, -0.1) is 10.2 Å². The number of aromatic nitrogens is 2. The number of nitrogens with zero attached hydrogens (tertiary/aromatic N) is 4. The molecule has 0 saturated carbocycles. The Morgan fingerprint density at radius 1 is 0.759 bits per heavy atom. The van der Waals surface area contributed by atoms with Crippen LogP contribution in [0.4, 0.5) is 23.0 Å². The maximum absolute atomic E-state index is 11.3. The van der Waals surface area contributed by atoms with Gasteiger partial charge in [0.15, 0.2) is 17.3 Å². The van der Waals surface area contributed by atoms with Gasteiger partial charge in [0.25, 0.3) is 0 Å². The summed E-state index contributed by atoms with van der Waals surface area (Å²) in [7, 11) is -7.64. The number of benzene rings is 2. The van der Waals surface area contributed by atoms with Crippen molar-refractivity contribution in [2.24, 2.45) is 20.5 Å². The molecule has 0 aliphatic rings. The summed E-state index contributed by atoms with van der Waals surface area (Å²) < 4.78 is 46.5. The second-order valence-electron chi connectivity index (χ2n) is 5.81. The molecule has 2 aromatic carbocycles. The van der Waals surface area contributed by atoms with Crippen molar-refractivity contribution in [3.63, 3.8) is 0 Å². The third kappa shape index (κ3) is 4.40. The van der Waals surface area contributed by atoms with Crippen LogP contribution < -0.4 is 21.7 Å². The van der Waals surface area contributed by atoms with Gasteiger partial charge in [-0.1, -0.05) is 0 Å². The molecule has 8 N–H and O–H groups in total. The van der Waals surface area contributed by atoms with E-state index in [0.29, 0.717) is 11.4 Å². The molecule has 0 aliphatic carbocycles. The molecule has 3 rings (SSSR count). The van der Waals surface area contributed by atoms with Crippen molar-refractivity contribution in [2.45, 2.75) is 9.79 Å². The van der Waals surface area contributed by atoms with Crippen LogP contribution in [0.1, 0.15) is 0 Å². The molecule has 0 aliphatic heterocycles. The summed E-state index contributed by atoms with van der Waals surface area (Å²) in [5, 5.41) is 22.1. The van der Waals surface area contributed by atoms with Gasteiger partial charge < -0.3 is 11.5 Å². The van der Waals surface area contributed by atoms with E-state index in [1.165, 1.54) is 53.2 Å². The second-order valence-corrected chi connectivity index (χ2v) is 8.93. The standard InChI is InChI=1S/C15H16N8O4S2/c16-14-13(21-20-9-1-5-11(6-2-9)28(18,24)25)15(17)23(22-14)10-3-7-12(8-4-10)29(19,26)27/h1-8H,17H2,(H2,16,22)(H2,18,24,25)(H2,19,26,27). The van der Waals surface area contributed by atoms with Crippen molar-refractivity contribution in [1.29, 1.82) is 0 Å². The van der Waals surface area contributed by atoms with Crippen molar-refractivity contribution >= 4 is 43.1 Å². The average Bonchev–Trinajstić information content (AvgIpc) is 2.93. The smallest absolute Gasteiger partial charge is 0.238 e. The zero-order valence-electron chi connectivity index (χ0n) is 14.7. The van der Waals surface area contributed by atoms with Crippen molar-refractivity contribution in [1.82, 2.24) is 9.78 Å². The van der Waals surface area contributed by atoms with E-state index in [1.54, 1.807) is 0 Å². The number of nitrogens with two attached hydrogens (primary N) is 4. The maximum atomic E-state index is 11.3. The zero-order chi connectivity index (χ0) is 21.4. The Bertz CT molecular complexity index is 1300. The minimum absolute atomic E-state index is 0.0112. The highest BCUT2D eigenvalue weighted by Crippen LogP contribution is 2.32. The molecule has 0 unspecified atom stereocenters. The Kier molecular flexibility index (Phi) is 5.10. The molecule has 14 heteroatoms. The number of hydrogen-bond donors (Lipinski definition) is 4. The molecular weight excluding hydrogens is 420 g/mol. The Labute approximate surface area is 165 Å². The first kappa shape index (κ1) is 20.4. The highest BCUT2D eigenvalue weighted by Gasteiger charge is 2.16. The minimum Gasteiger partial charge on any atom is -0.382 e. The molecule has 3 aromatic rings. The molecule has 0 amide bonds. The molecule has 1 aromatic heterocycles. The summed E-state index contributed by atoms with van der Waals surface area (Å²) in [5.74, 6) is 0.0543. The van der Waals surface area contributed by atoms with Crippen LogP contribution in [0.3, 0.4) is 0 Å². The van der Waals surface area contributed by atoms with E-state index in [0.717, 1.165) is 0 Å². The first-order chi connectivity index (χ1) is 13.5. The van der Waals surface area contributed by atoms with Crippen LogP contribution in [0.15, 0.2) is 68.6 Å². The number of primary sulfonamides is 2. The lowest BCUT2D eigenvalue weighted by atomic mass is 10.3. The number of sulfonamides is 2. The van der Waals surface area contributed by atoms with E-state index in [9.17, 15) is 16.8 Å². The van der Waals surface area contributed by atoms with E-state index in [4.69, 9.17) is 21.7 Å². The summed E-state index contributed by atoms with van der Waals surface area (Å²) in [6.07, 6.45) is 0. The van der Waals surface area contributed by atoms with Gasteiger partial charge in [0.05, 0.1) is 21.2 Å². The van der Waals surface area contributed by atoms with Gasteiger partial charge in [0.2, 0.25) is 20.0 Å². The highest BCUT2D eigenvalue weighted by molar-refractivity contribution is 7.89. The first-order valence-electron chi connectivity index (χ1n) is 7.78. The normalized spacial score (nSPS) is 12.5. The van der Waals surface area contributed by atoms with E-state index in [2.05, 4.69) is 15.3 Å². The summed E-state index contributed by atoms with van der Waals surface area (Å²) in [6, 6.07) is 10.9. The van der Waals surface area contributed by atoms with Crippen molar-refractivity contribution < 1.29 is 16.8 Å². The number of rotatable bonds is 5. The number of azo groups is 1. The highest BCUT2D eigenvalue weighted by atomic mass is 32.2. The van der Waals surface area contributed by atoms with Gasteiger partial charge in [0, 0.05) is 0 Å². The Balaban J connectivity index is 1.91. The lowest BCUT2D eigenvalue weighted by molar-refractivity contribution is 0.596. The maximum Gasteiger partial charge on any atom is 0.238 e. The SMILES string of the molecule is Nc1nn(-c2ccc(S(N)(=O)=O)cc2)c(N)c1N=Nc1ccc(S(N)(=O)=O)cc1. The third-order valence-corrected chi connectivity index (χ3v) is 5.62. The summed E-state index contributed by atoms with van der Waals surface area (Å²) in [5.41, 5.74) is 12.7. The lowest BCUT2D eigenvalue weighted by Crippen LogP contribution is -2.12. The van der Waals surface area contributed by atoms with Crippen molar-refractivity contribution in [2.75, 3.05) is 11.5 Å². The van der Waals surface area contributed by atoms with Gasteiger partial charge in [-0.3, -0.25) is 0 Å². The monoisotopic (exact) mass is 436 g/mol. The predicted molar refractivity (Wildman–Crippen MR) is 106 cm³/mol. The average molecular weight is 436 g/mol. The molecule has 0 atom stereocenters. The molecule has 29 heavy (non-hydrogen) atoms. The largest absolute Gasteiger partial charge is 0.382 e. The molecule has 0 spiro atoms.